The predicted molar refractivity (Wildman–Crippen MR) is 126 cm³/mol. The maximum atomic E-state index is 14.3. The fraction of sp³-hybridized carbons (Fsp3) is 0.400. The van der Waals surface area contributed by atoms with Crippen LogP contribution in [0.5, 0.6) is 0 Å². The topological polar surface area (TPSA) is 113 Å². The van der Waals surface area contributed by atoms with Gasteiger partial charge >= 0.3 is 6.03 Å². The molecule has 0 bridgehead atoms. The molecule has 2 aromatic carbocycles. The maximum Gasteiger partial charge on any atom is 0.335 e. The highest BCUT2D eigenvalue weighted by molar-refractivity contribution is 6.31. The van der Waals surface area contributed by atoms with Gasteiger partial charge < -0.3 is 4.90 Å². The van der Waals surface area contributed by atoms with E-state index in [-0.39, 0.29) is 12.1 Å². The first-order valence-corrected chi connectivity index (χ1v) is 11.5. The Hall–Kier alpha value is -3.75. The normalized spacial score (nSPS) is 24.1. The predicted octanol–water partition coefficient (Wildman–Crippen LogP) is 3.70. The average Bonchev–Trinajstić information content (AvgIpc) is 2.78. The lowest BCUT2D eigenvalue weighted by Crippen LogP contribution is -2.73. The van der Waals surface area contributed by atoms with Gasteiger partial charge in [0.05, 0.1) is 16.7 Å². The number of hydrogen-bond acceptors (Lipinski definition) is 6. The summed E-state index contributed by atoms with van der Waals surface area (Å²) in [4.78, 5) is 55.0. The van der Waals surface area contributed by atoms with Gasteiger partial charge in [-0.3, -0.25) is 25.0 Å². The molecule has 34 heavy (non-hydrogen) atoms. The number of nitrogens with one attached hydrogen (secondary N) is 1. The van der Waals surface area contributed by atoms with Crippen molar-refractivity contribution in [1.82, 2.24) is 5.32 Å². The number of carbonyl (C=O) groups is 3. The minimum Gasteiger partial charge on any atom is -0.367 e. The fourth-order valence-electron chi connectivity index (χ4n) is 6.09. The van der Waals surface area contributed by atoms with Crippen LogP contribution in [-0.4, -0.2) is 35.4 Å². The number of aryl methyl sites for hydroxylation is 3. The monoisotopic (exact) mass is 462 g/mol. The average molecular weight is 463 g/mol. The Bertz CT molecular complexity index is 1250. The molecule has 2 aromatic rings. The van der Waals surface area contributed by atoms with Crippen LogP contribution in [0, 0.1) is 36.3 Å². The van der Waals surface area contributed by atoms with Gasteiger partial charge in [0.2, 0.25) is 5.91 Å². The largest absolute Gasteiger partial charge is 0.367 e. The van der Waals surface area contributed by atoms with Crippen LogP contribution in [0.4, 0.5) is 21.9 Å². The molecule has 176 valence electrons. The Labute approximate surface area is 196 Å². The van der Waals surface area contributed by atoms with E-state index in [1.807, 2.05) is 37.8 Å². The van der Waals surface area contributed by atoms with Gasteiger partial charge in [0.15, 0.2) is 5.41 Å². The van der Waals surface area contributed by atoms with Crippen LogP contribution in [0.3, 0.4) is 0 Å². The Balaban J connectivity index is 1.70. The molecule has 3 aliphatic rings. The number of rotatable bonds is 2. The van der Waals surface area contributed by atoms with Crippen molar-refractivity contribution >= 4 is 34.9 Å². The summed E-state index contributed by atoms with van der Waals surface area (Å²) < 4.78 is 0. The minimum absolute atomic E-state index is 0.00355. The van der Waals surface area contributed by atoms with Crippen molar-refractivity contribution in [2.45, 2.75) is 52.5 Å². The molecule has 1 spiro atoms. The highest BCUT2D eigenvalue weighted by Gasteiger charge is 2.62. The molecule has 0 radical (unpaired) electrons. The molecular formula is C25H26N4O5. The number of carbonyl (C=O) groups excluding carboxylic acids is 3. The van der Waals surface area contributed by atoms with Gasteiger partial charge in [-0.1, -0.05) is 17.7 Å². The number of fused-ring (bicyclic) bond motifs is 4. The number of urea groups is 1. The number of imide groups is 2. The third-order valence-corrected chi connectivity index (χ3v) is 7.40. The number of nitro benzene ring substituents is 1. The zero-order valence-electron chi connectivity index (χ0n) is 19.4. The van der Waals surface area contributed by atoms with Crippen LogP contribution in [-0.2, 0) is 16.0 Å². The molecule has 2 atom stereocenters. The molecular weight excluding hydrogens is 436 g/mol. The molecule has 9 heteroatoms. The number of amides is 4. The molecule has 9 nitrogen and oxygen atoms in total. The van der Waals surface area contributed by atoms with Crippen LogP contribution in [0.1, 0.15) is 41.5 Å². The first-order valence-electron chi connectivity index (χ1n) is 11.5. The van der Waals surface area contributed by atoms with Gasteiger partial charge in [-0.2, -0.15) is 0 Å². The van der Waals surface area contributed by atoms with Crippen molar-refractivity contribution in [3.63, 3.8) is 0 Å². The van der Waals surface area contributed by atoms with E-state index in [1.54, 1.807) is 6.07 Å². The van der Waals surface area contributed by atoms with E-state index >= 15 is 0 Å². The van der Waals surface area contributed by atoms with Gasteiger partial charge in [-0.15, -0.1) is 0 Å². The Morgan fingerprint density at radius 3 is 2.44 bits per heavy atom. The van der Waals surface area contributed by atoms with Gasteiger partial charge in [0, 0.05) is 30.8 Å². The minimum atomic E-state index is -1.56. The van der Waals surface area contributed by atoms with E-state index in [0.29, 0.717) is 24.2 Å². The van der Waals surface area contributed by atoms with Crippen molar-refractivity contribution in [1.29, 1.82) is 0 Å². The smallest absolute Gasteiger partial charge is 0.335 e. The van der Waals surface area contributed by atoms with Gasteiger partial charge in [-0.25, -0.2) is 9.69 Å². The van der Waals surface area contributed by atoms with E-state index in [1.165, 1.54) is 12.1 Å². The Morgan fingerprint density at radius 2 is 1.76 bits per heavy atom. The Morgan fingerprint density at radius 1 is 1.06 bits per heavy atom. The quantitative estimate of drug-likeness (QED) is 0.414. The third kappa shape index (κ3) is 3.03. The fourth-order valence-corrected chi connectivity index (χ4v) is 6.09. The second kappa shape index (κ2) is 7.65. The highest BCUT2D eigenvalue weighted by atomic mass is 16.6. The lowest BCUT2D eigenvalue weighted by molar-refractivity contribution is -0.384. The van der Waals surface area contributed by atoms with Crippen LogP contribution in [0.25, 0.3) is 0 Å². The number of hydrogen-bond donors (Lipinski definition) is 1. The molecule has 3 aliphatic heterocycles. The molecule has 0 aliphatic carbocycles. The number of piperidine rings is 1. The second-order valence-electron chi connectivity index (χ2n) is 9.57. The van der Waals surface area contributed by atoms with E-state index in [4.69, 9.17) is 0 Å². The lowest BCUT2D eigenvalue weighted by atomic mass is 9.66. The molecule has 2 saturated heterocycles. The van der Waals surface area contributed by atoms with E-state index in [0.717, 1.165) is 40.1 Å². The van der Waals surface area contributed by atoms with Crippen LogP contribution >= 0.6 is 0 Å². The van der Waals surface area contributed by atoms with Crippen molar-refractivity contribution < 1.29 is 19.3 Å². The number of nitrogens with zero attached hydrogens (tertiary/aromatic N) is 3. The second-order valence-corrected chi connectivity index (χ2v) is 9.57. The summed E-state index contributed by atoms with van der Waals surface area (Å²) in [5.74, 6) is -1.19. The lowest BCUT2D eigenvalue weighted by Gasteiger charge is -2.53. The third-order valence-electron chi connectivity index (χ3n) is 7.40. The van der Waals surface area contributed by atoms with Crippen LogP contribution in [0.2, 0.25) is 0 Å². The molecule has 4 amide bonds. The number of benzene rings is 2. The summed E-state index contributed by atoms with van der Waals surface area (Å²) in [7, 11) is 0. The van der Waals surface area contributed by atoms with Crippen LogP contribution < -0.4 is 15.1 Å². The standard InChI is InChI=1S/C25H26N4O5/c1-14-10-15(2)21(16(3)11-14)28-23(31)25(22(30)26-24(28)32)13-17-12-18(29(33)34)7-8-19(17)27-9-5-4-6-20(25)27/h7-8,10-12,20H,4-6,9,13H2,1-3H3,(H,26,30,32). The number of non-ortho nitro benzene ring substituents is 1. The van der Waals surface area contributed by atoms with Crippen molar-refractivity contribution in [2.24, 2.45) is 5.41 Å². The molecule has 0 saturated carbocycles. The molecule has 0 aromatic heterocycles. The number of nitro groups is 1. The first kappa shape index (κ1) is 22.1. The van der Waals surface area contributed by atoms with E-state index in [2.05, 4.69) is 5.32 Å². The van der Waals surface area contributed by atoms with Gasteiger partial charge in [-0.05, 0) is 62.8 Å². The summed E-state index contributed by atoms with van der Waals surface area (Å²) in [6.45, 7) is 6.25. The number of anilines is 2. The SMILES string of the molecule is Cc1cc(C)c(N2C(=O)NC(=O)C3(Cc4cc([N+](=O)[O-])ccc4N4CCCCC43)C2=O)c(C)c1. The number of barbiturate groups is 1. The zero-order chi connectivity index (χ0) is 24.4. The summed E-state index contributed by atoms with van der Waals surface area (Å²) >= 11 is 0. The molecule has 2 unspecified atom stereocenters. The molecule has 3 heterocycles. The van der Waals surface area contributed by atoms with Gasteiger partial charge in [0.25, 0.3) is 11.6 Å². The van der Waals surface area contributed by atoms with Crippen molar-refractivity contribution in [3.05, 3.63) is 62.7 Å². The van der Waals surface area contributed by atoms with E-state index in [9.17, 15) is 24.5 Å². The van der Waals surface area contributed by atoms with E-state index < -0.39 is 34.2 Å². The van der Waals surface area contributed by atoms with Crippen molar-refractivity contribution in [2.75, 3.05) is 16.3 Å². The zero-order valence-corrected chi connectivity index (χ0v) is 19.4. The Kier molecular flexibility index (Phi) is 4.96. The highest BCUT2D eigenvalue weighted by Crippen LogP contribution is 2.49. The van der Waals surface area contributed by atoms with Crippen LogP contribution in [0.15, 0.2) is 30.3 Å². The summed E-state index contributed by atoms with van der Waals surface area (Å²) in [5, 5.41) is 13.9. The molecule has 2 fully saturated rings. The summed E-state index contributed by atoms with van der Waals surface area (Å²) in [6, 6.07) is 7.22. The molecule has 1 N–H and O–H groups in total. The summed E-state index contributed by atoms with van der Waals surface area (Å²) in [5.41, 5.74) is 2.75. The first-order chi connectivity index (χ1) is 16.1. The summed E-state index contributed by atoms with van der Waals surface area (Å²) in [6.07, 6.45) is 2.35. The maximum absolute atomic E-state index is 14.3. The van der Waals surface area contributed by atoms with Crippen molar-refractivity contribution in [3.8, 4) is 0 Å². The molecule has 5 rings (SSSR count). The van der Waals surface area contributed by atoms with Gasteiger partial charge in [0.1, 0.15) is 0 Å².